The second-order valence-corrected chi connectivity index (χ2v) is 7.61. The number of amidine groups is 1. The van der Waals surface area contributed by atoms with E-state index in [0.717, 1.165) is 54.0 Å². The van der Waals surface area contributed by atoms with Crippen molar-refractivity contribution in [2.45, 2.75) is 25.9 Å². The summed E-state index contributed by atoms with van der Waals surface area (Å²) in [6, 6.07) is 13.6. The van der Waals surface area contributed by atoms with E-state index < -0.39 is 0 Å². The van der Waals surface area contributed by atoms with E-state index in [9.17, 15) is 4.79 Å². The molecule has 0 atom stereocenters. The van der Waals surface area contributed by atoms with Crippen molar-refractivity contribution in [1.82, 2.24) is 19.8 Å². The van der Waals surface area contributed by atoms with Crippen LogP contribution in [0.3, 0.4) is 0 Å². The third-order valence-corrected chi connectivity index (χ3v) is 5.52. The molecule has 30 heavy (non-hydrogen) atoms. The highest BCUT2D eigenvalue weighted by atomic mass is 16.2. The Morgan fingerprint density at radius 1 is 1.13 bits per heavy atom. The number of urea groups is 1. The van der Waals surface area contributed by atoms with Gasteiger partial charge in [-0.2, -0.15) is 0 Å². The number of likely N-dealkylation sites (tertiary alicyclic amines) is 1. The van der Waals surface area contributed by atoms with Crippen molar-refractivity contribution in [3.63, 3.8) is 0 Å². The number of aromatic nitrogens is 2. The highest BCUT2D eigenvalue weighted by molar-refractivity contribution is 5.95. The van der Waals surface area contributed by atoms with Crippen LogP contribution in [0, 0.1) is 5.41 Å². The molecule has 0 unspecified atom stereocenters. The second kappa shape index (κ2) is 8.44. The number of hydrogen-bond acceptors (Lipinski definition) is 4. The number of anilines is 1. The minimum atomic E-state index is 0.00861. The predicted octanol–water partition coefficient (Wildman–Crippen LogP) is 2.77. The molecule has 2 amide bonds. The Hall–Kier alpha value is -3.55. The number of nitrogens with two attached hydrogens (primary N) is 1. The number of carbonyl (C=O) groups is 1. The SMILES string of the molecule is Cn1c(CNc2ccc(C(=N)N)cc2)nc2cc(CNC(=O)N3CCCC3)ccc21. The number of fused-ring (bicyclic) bond motifs is 1. The molecule has 2 aromatic carbocycles. The summed E-state index contributed by atoms with van der Waals surface area (Å²) in [5.41, 5.74) is 10.1. The quantitative estimate of drug-likeness (QED) is 0.373. The molecule has 156 valence electrons. The molecule has 0 spiro atoms. The van der Waals surface area contributed by atoms with E-state index in [0.29, 0.717) is 18.7 Å². The summed E-state index contributed by atoms with van der Waals surface area (Å²) in [7, 11) is 2.00. The maximum absolute atomic E-state index is 12.2. The van der Waals surface area contributed by atoms with E-state index >= 15 is 0 Å². The molecule has 0 bridgehead atoms. The van der Waals surface area contributed by atoms with Crippen LogP contribution in [-0.2, 0) is 20.1 Å². The molecule has 1 saturated heterocycles. The molecule has 0 aliphatic carbocycles. The maximum atomic E-state index is 12.2. The van der Waals surface area contributed by atoms with Gasteiger partial charge in [0.1, 0.15) is 11.7 Å². The highest BCUT2D eigenvalue weighted by Gasteiger charge is 2.17. The topological polar surface area (TPSA) is 112 Å². The molecule has 1 aliphatic rings. The van der Waals surface area contributed by atoms with Crippen LogP contribution in [0.5, 0.6) is 0 Å². The zero-order chi connectivity index (χ0) is 21.1. The molecule has 8 nitrogen and oxygen atoms in total. The fourth-order valence-electron chi connectivity index (χ4n) is 3.72. The van der Waals surface area contributed by atoms with Gasteiger partial charge in [-0.05, 0) is 54.8 Å². The Labute approximate surface area is 175 Å². The van der Waals surface area contributed by atoms with Gasteiger partial charge in [-0.15, -0.1) is 0 Å². The van der Waals surface area contributed by atoms with Crippen molar-refractivity contribution in [2.75, 3.05) is 18.4 Å². The fraction of sp³-hybridized carbons (Fsp3) is 0.318. The molecule has 4 rings (SSSR count). The summed E-state index contributed by atoms with van der Waals surface area (Å²) in [5, 5.41) is 13.8. The third kappa shape index (κ3) is 4.22. The number of hydrogen-bond donors (Lipinski definition) is 4. The predicted molar refractivity (Wildman–Crippen MR) is 119 cm³/mol. The zero-order valence-corrected chi connectivity index (χ0v) is 17.1. The minimum Gasteiger partial charge on any atom is -0.384 e. The third-order valence-electron chi connectivity index (χ3n) is 5.52. The molecule has 2 heterocycles. The van der Waals surface area contributed by atoms with Crippen LogP contribution in [0.25, 0.3) is 11.0 Å². The monoisotopic (exact) mass is 405 g/mol. The molecule has 8 heteroatoms. The highest BCUT2D eigenvalue weighted by Crippen LogP contribution is 2.18. The number of rotatable bonds is 6. The van der Waals surface area contributed by atoms with Gasteiger partial charge in [0, 0.05) is 37.9 Å². The summed E-state index contributed by atoms with van der Waals surface area (Å²) in [5.74, 6) is 0.975. The fourth-order valence-corrected chi connectivity index (χ4v) is 3.72. The van der Waals surface area contributed by atoms with Crippen molar-refractivity contribution in [1.29, 1.82) is 5.41 Å². The van der Waals surface area contributed by atoms with Gasteiger partial charge in [-0.1, -0.05) is 6.07 Å². The van der Waals surface area contributed by atoms with Crippen LogP contribution in [0.2, 0.25) is 0 Å². The molecule has 5 N–H and O–H groups in total. The first-order chi connectivity index (χ1) is 14.5. The number of carbonyl (C=O) groups excluding carboxylic acids is 1. The number of nitrogens with one attached hydrogen (secondary N) is 3. The van der Waals surface area contributed by atoms with Crippen molar-refractivity contribution in [3.8, 4) is 0 Å². The lowest BCUT2D eigenvalue weighted by molar-refractivity contribution is 0.208. The first-order valence-corrected chi connectivity index (χ1v) is 10.2. The molecule has 1 aromatic heterocycles. The molecule has 0 radical (unpaired) electrons. The van der Waals surface area contributed by atoms with Gasteiger partial charge < -0.3 is 25.8 Å². The van der Waals surface area contributed by atoms with Crippen LogP contribution in [0.15, 0.2) is 42.5 Å². The van der Waals surface area contributed by atoms with E-state index in [1.807, 2.05) is 54.4 Å². The van der Waals surface area contributed by atoms with E-state index in [-0.39, 0.29) is 11.9 Å². The maximum Gasteiger partial charge on any atom is 0.317 e. The minimum absolute atomic E-state index is 0.00861. The summed E-state index contributed by atoms with van der Waals surface area (Å²) in [6.07, 6.45) is 2.18. The standard InChI is InChI=1S/C22H27N7O/c1-28-19-9-4-15(13-26-22(30)29-10-2-3-11-29)12-18(19)27-20(28)14-25-17-7-5-16(6-8-17)21(23)24/h4-9,12,25H,2-3,10-11,13-14H2,1H3,(H3,23,24)(H,26,30). The van der Waals surface area contributed by atoms with Gasteiger partial charge in [0.25, 0.3) is 0 Å². The van der Waals surface area contributed by atoms with Crippen molar-refractivity contribution < 1.29 is 4.79 Å². The molecular weight excluding hydrogens is 378 g/mol. The Kier molecular flexibility index (Phi) is 5.56. The van der Waals surface area contributed by atoms with Crippen LogP contribution in [0.1, 0.15) is 29.8 Å². The van der Waals surface area contributed by atoms with Gasteiger partial charge in [-0.3, -0.25) is 5.41 Å². The van der Waals surface area contributed by atoms with Gasteiger partial charge in [-0.25, -0.2) is 9.78 Å². The lowest BCUT2D eigenvalue weighted by Crippen LogP contribution is -2.37. The number of nitrogens with zero attached hydrogens (tertiary/aromatic N) is 3. The summed E-state index contributed by atoms with van der Waals surface area (Å²) in [6.45, 7) is 2.77. The lowest BCUT2D eigenvalue weighted by atomic mass is 10.2. The Balaban J connectivity index is 1.41. The van der Waals surface area contributed by atoms with Gasteiger partial charge >= 0.3 is 6.03 Å². The van der Waals surface area contributed by atoms with Gasteiger partial charge in [0.05, 0.1) is 17.6 Å². The number of benzene rings is 2. The van der Waals surface area contributed by atoms with Gasteiger partial charge in [0.2, 0.25) is 0 Å². The Morgan fingerprint density at radius 3 is 2.57 bits per heavy atom. The van der Waals surface area contributed by atoms with Crippen molar-refractivity contribution >= 4 is 28.6 Å². The molecule has 0 saturated carbocycles. The average Bonchev–Trinajstić information content (AvgIpc) is 3.39. The van der Waals surface area contributed by atoms with Crippen molar-refractivity contribution in [3.05, 3.63) is 59.4 Å². The number of aryl methyl sites for hydroxylation is 1. The zero-order valence-electron chi connectivity index (χ0n) is 17.1. The van der Waals surface area contributed by atoms with Gasteiger partial charge in [0.15, 0.2) is 0 Å². The van der Waals surface area contributed by atoms with Crippen LogP contribution in [0.4, 0.5) is 10.5 Å². The molecular formula is C22H27N7O. The van der Waals surface area contributed by atoms with Crippen molar-refractivity contribution in [2.24, 2.45) is 12.8 Å². The summed E-state index contributed by atoms with van der Waals surface area (Å²) >= 11 is 0. The molecule has 1 fully saturated rings. The van der Waals surface area contributed by atoms with Crippen LogP contribution in [-0.4, -0.2) is 39.4 Å². The first-order valence-electron chi connectivity index (χ1n) is 10.2. The average molecular weight is 406 g/mol. The Morgan fingerprint density at radius 2 is 1.87 bits per heavy atom. The Bertz CT molecular complexity index is 1070. The number of nitrogen functional groups attached to an aromatic ring is 1. The normalized spacial score (nSPS) is 13.6. The molecule has 3 aromatic rings. The number of imidazole rings is 1. The lowest BCUT2D eigenvalue weighted by Gasteiger charge is -2.16. The van der Waals surface area contributed by atoms with E-state index in [1.165, 1.54) is 0 Å². The summed E-state index contributed by atoms with van der Waals surface area (Å²) < 4.78 is 2.07. The summed E-state index contributed by atoms with van der Waals surface area (Å²) in [4.78, 5) is 18.8. The second-order valence-electron chi connectivity index (χ2n) is 7.61. The largest absolute Gasteiger partial charge is 0.384 e. The van der Waals surface area contributed by atoms with E-state index in [4.69, 9.17) is 16.1 Å². The van der Waals surface area contributed by atoms with E-state index in [1.54, 1.807) is 0 Å². The van der Waals surface area contributed by atoms with E-state index in [2.05, 4.69) is 15.2 Å². The first kappa shape index (κ1) is 19.8. The van der Waals surface area contributed by atoms with Crippen LogP contribution >= 0.6 is 0 Å². The molecule has 1 aliphatic heterocycles. The number of amides is 2. The van der Waals surface area contributed by atoms with Crippen LogP contribution < -0.4 is 16.4 Å². The smallest absolute Gasteiger partial charge is 0.317 e.